The molecule has 0 bridgehead atoms. The van der Waals surface area contributed by atoms with Gasteiger partial charge >= 0.3 is 12.1 Å². The zero-order valence-electron chi connectivity index (χ0n) is 24.4. The van der Waals surface area contributed by atoms with Crippen molar-refractivity contribution >= 4 is 31.0 Å². The first-order valence-electron chi connectivity index (χ1n) is 13.7. The molecule has 8 heteroatoms. The second kappa shape index (κ2) is 11.4. The number of aromatic amines is 1. The van der Waals surface area contributed by atoms with Crippen molar-refractivity contribution in [2.24, 2.45) is 0 Å². The highest BCUT2D eigenvalue weighted by atomic mass is 28.3. The van der Waals surface area contributed by atoms with Gasteiger partial charge in [-0.3, -0.25) is 0 Å². The van der Waals surface area contributed by atoms with Gasteiger partial charge in [-0.2, -0.15) is 0 Å². The van der Waals surface area contributed by atoms with Crippen LogP contribution >= 0.6 is 0 Å². The van der Waals surface area contributed by atoms with Crippen LogP contribution in [0.5, 0.6) is 5.75 Å². The third kappa shape index (κ3) is 6.04. The number of hydrogen-bond donors (Lipinski definition) is 2. The van der Waals surface area contributed by atoms with E-state index in [1.165, 1.54) is 0 Å². The summed E-state index contributed by atoms with van der Waals surface area (Å²) in [5.41, 5.74) is 5.78. The van der Waals surface area contributed by atoms with E-state index in [-0.39, 0.29) is 24.3 Å². The summed E-state index contributed by atoms with van der Waals surface area (Å²) < 4.78 is 11.8. The minimum atomic E-state index is -2.06. The van der Waals surface area contributed by atoms with Crippen molar-refractivity contribution in [1.82, 2.24) is 9.88 Å². The van der Waals surface area contributed by atoms with E-state index in [1.807, 2.05) is 26.8 Å². The maximum absolute atomic E-state index is 12.7. The molecule has 1 aromatic carbocycles. The number of carboxylic acids is 1. The number of aromatic carboxylic acids is 1. The summed E-state index contributed by atoms with van der Waals surface area (Å²) in [6.45, 7) is 19.9. The molecule has 1 aromatic heterocycles. The molecule has 3 rings (SSSR count). The molecule has 1 amide bonds. The van der Waals surface area contributed by atoms with E-state index in [0.29, 0.717) is 40.0 Å². The van der Waals surface area contributed by atoms with Crippen LogP contribution in [0.15, 0.2) is 18.3 Å². The Labute approximate surface area is 228 Å². The van der Waals surface area contributed by atoms with Gasteiger partial charge in [-0.05, 0) is 62.4 Å². The topological polar surface area (TPSA) is 91.9 Å². The lowest BCUT2D eigenvalue weighted by Gasteiger charge is -2.38. The maximum atomic E-state index is 12.7. The van der Waals surface area contributed by atoms with E-state index in [2.05, 4.69) is 58.0 Å². The fraction of sp³-hybridized carbons (Fsp3) is 0.600. The first-order chi connectivity index (χ1) is 17.7. The number of hydrogen-bond acceptors (Lipinski definition) is 4. The molecule has 1 atom stereocenters. The summed E-state index contributed by atoms with van der Waals surface area (Å²) in [5.74, 6) is 2.77. The van der Waals surface area contributed by atoms with Crippen molar-refractivity contribution in [2.45, 2.75) is 103 Å². The number of fused-ring (bicyclic) bond motifs is 1. The Hall–Kier alpha value is -2.92. The van der Waals surface area contributed by atoms with E-state index >= 15 is 0 Å². The number of amides is 1. The van der Waals surface area contributed by atoms with Gasteiger partial charge in [0.15, 0.2) is 0 Å². The van der Waals surface area contributed by atoms with Crippen LogP contribution in [0.1, 0.15) is 91.1 Å². The molecule has 1 aliphatic heterocycles. The van der Waals surface area contributed by atoms with Crippen LogP contribution in [0.2, 0.25) is 16.6 Å². The van der Waals surface area contributed by atoms with Crippen LogP contribution in [-0.4, -0.2) is 59.9 Å². The Bertz CT molecular complexity index is 1210. The van der Waals surface area contributed by atoms with E-state index in [9.17, 15) is 14.7 Å². The molecule has 0 unspecified atom stereocenters. The van der Waals surface area contributed by atoms with Gasteiger partial charge in [-0.25, -0.2) is 9.59 Å². The highest BCUT2D eigenvalue weighted by molar-refractivity contribution is 6.90. The molecule has 7 nitrogen and oxygen atoms in total. The Balaban J connectivity index is 1.98. The van der Waals surface area contributed by atoms with E-state index in [1.54, 1.807) is 17.2 Å². The molecule has 38 heavy (non-hydrogen) atoms. The van der Waals surface area contributed by atoms with Gasteiger partial charge < -0.3 is 24.5 Å². The van der Waals surface area contributed by atoms with Crippen molar-refractivity contribution in [3.63, 3.8) is 0 Å². The monoisotopic (exact) mass is 540 g/mol. The maximum Gasteiger partial charge on any atom is 0.410 e. The number of H-pyrrole nitrogens is 1. The normalized spacial score (nSPS) is 16.3. The van der Waals surface area contributed by atoms with E-state index in [0.717, 1.165) is 18.2 Å². The smallest absolute Gasteiger partial charge is 0.410 e. The van der Waals surface area contributed by atoms with Gasteiger partial charge in [0.2, 0.25) is 0 Å². The predicted molar refractivity (Wildman–Crippen MR) is 155 cm³/mol. The number of likely N-dealkylation sites (tertiary alicyclic amines) is 1. The summed E-state index contributed by atoms with van der Waals surface area (Å²) in [6.07, 6.45) is 3.11. The summed E-state index contributed by atoms with van der Waals surface area (Å²) >= 11 is 0. The van der Waals surface area contributed by atoms with Crippen LogP contribution in [0.4, 0.5) is 4.79 Å². The lowest BCUT2D eigenvalue weighted by atomic mass is 10.0. The zero-order valence-corrected chi connectivity index (χ0v) is 25.4. The Morgan fingerprint density at radius 1 is 1.16 bits per heavy atom. The van der Waals surface area contributed by atoms with Gasteiger partial charge in [0.05, 0.1) is 17.1 Å². The van der Waals surface area contributed by atoms with Gasteiger partial charge in [-0.1, -0.05) is 47.5 Å². The highest BCUT2D eigenvalue weighted by Crippen LogP contribution is 2.41. The number of rotatable bonds is 7. The molecule has 1 fully saturated rings. The van der Waals surface area contributed by atoms with E-state index in [4.69, 9.17) is 9.47 Å². The Morgan fingerprint density at radius 2 is 1.79 bits per heavy atom. The first-order valence-corrected chi connectivity index (χ1v) is 15.9. The van der Waals surface area contributed by atoms with Gasteiger partial charge in [0, 0.05) is 23.7 Å². The number of nitrogens with zero attached hydrogens (tertiary/aromatic N) is 1. The number of carboxylic acid groups (broad SMARTS) is 1. The van der Waals surface area contributed by atoms with Crippen LogP contribution in [0.25, 0.3) is 10.9 Å². The van der Waals surface area contributed by atoms with Crippen LogP contribution in [-0.2, 0) is 4.74 Å². The van der Waals surface area contributed by atoms with Gasteiger partial charge in [-0.15, -0.1) is 5.54 Å². The van der Waals surface area contributed by atoms with E-state index < -0.39 is 19.6 Å². The molecule has 2 heterocycles. The van der Waals surface area contributed by atoms with Gasteiger partial charge in [0.1, 0.15) is 26.0 Å². The van der Waals surface area contributed by atoms with Crippen LogP contribution < -0.4 is 4.74 Å². The standard InChI is InChI=1S/C30H44N2O5Si/c1-19(2)38(20(3)4,21(5)6)16-13-23-24-12-14-31-27(24)26(17-25(23)28(33)34)36-18-22-11-10-15-32(22)29(35)37-30(7,8)9/h12,14,17,19-22,31H,10-11,15,18H2,1-9H3,(H,33,34)/t22-/m1/s1. The van der Waals surface area contributed by atoms with Crippen molar-refractivity contribution < 1.29 is 24.2 Å². The summed E-state index contributed by atoms with van der Waals surface area (Å²) in [4.78, 5) is 30.0. The second-order valence-corrected chi connectivity index (χ2v) is 17.9. The number of benzene rings is 1. The molecule has 1 saturated heterocycles. The lowest BCUT2D eigenvalue weighted by Crippen LogP contribution is -2.43. The molecular formula is C30H44N2O5Si. The third-order valence-electron chi connectivity index (χ3n) is 7.74. The predicted octanol–water partition coefficient (Wildman–Crippen LogP) is 7.21. The fourth-order valence-electron chi connectivity index (χ4n) is 5.98. The second-order valence-electron chi connectivity index (χ2n) is 12.3. The molecule has 1 aliphatic rings. The number of nitrogens with one attached hydrogen (secondary N) is 1. The minimum absolute atomic E-state index is 0.134. The number of ether oxygens (including phenoxy) is 2. The molecule has 2 N–H and O–H groups in total. The van der Waals surface area contributed by atoms with Crippen molar-refractivity contribution in [1.29, 1.82) is 0 Å². The molecular weight excluding hydrogens is 496 g/mol. The zero-order chi connectivity index (χ0) is 28.4. The Kier molecular flexibility index (Phi) is 8.92. The average Bonchev–Trinajstić information content (AvgIpc) is 3.46. The van der Waals surface area contributed by atoms with Crippen molar-refractivity contribution in [3.8, 4) is 17.2 Å². The molecule has 0 saturated carbocycles. The Morgan fingerprint density at radius 3 is 2.34 bits per heavy atom. The number of carbonyl (C=O) groups is 2. The quantitative estimate of drug-likeness (QED) is 0.286. The van der Waals surface area contributed by atoms with Crippen molar-refractivity contribution in [3.05, 3.63) is 29.5 Å². The first kappa shape index (κ1) is 29.6. The number of carbonyl (C=O) groups excluding carboxylic acids is 1. The van der Waals surface area contributed by atoms with Crippen molar-refractivity contribution in [2.75, 3.05) is 13.2 Å². The summed E-state index contributed by atoms with van der Waals surface area (Å²) in [5, 5.41) is 10.9. The van der Waals surface area contributed by atoms with Crippen LogP contribution in [0, 0.1) is 11.5 Å². The molecule has 0 aliphatic carbocycles. The summed E-state index contributed by atoms with van der Waals surface area (Å²) in [7, 11) is -2.06. The number of aromatic nitrogens is 1. The van der Waals surface area contributed by atoms with Gasteiger partial charge in [0.25, 0.3) is 0 Å². The minimum Gasteiger partial charge on any atom is -0.489 e. The highest BCUT2D eigenvalue weighted by Gasteiger charge is 2.42. The average molecular weight is 541 g/mol. The largest absolute Gasteiger partial charge is 0.489 e. The molecule has 2 aromatic rings. The summed E-state index contributed by atoms with van der Waals surface area (Å²) in [6, 6.07) is 3.30. The van der Waals surface area contributed by atoms with Crippen LogP contribution in [0.3, 0.4) is 0 Å². The molecule has 0 radical (unpaired) electrons. The third-order valence-corrected chi connectivity index (χ3v) is 14.0. The fourth-order valence-corrected chi connectivity index (χ4v) is 11.2. The SMILES string of the molecule is CC(C)[Si](C#Cc1c(C(=O)O)cc(OC[C@H]2CCCN2C(=O)OC(C)(C)C)c2[nH]ccc12)(C(C)C)C(C)C. The molecule has 208 valence electrons. The lowest BCUT2D eigenvalue weighted by molar-refractivity contribution is 0.0188. The molecule has 0 spiro atoms.